The topological polar surface area (TPSA) is 167 Å². The molecule has 3 aliphatic rings. The molecule has 2 aromatic carbocycles. The van der Waals surface area contributed by atoms with Gasteiger partial charge in [-0.2, -0.15) is 10.4 Å². The molecule has 0 radical (unpaired) electrons. The summed E-state index contributed by atoms with van der Waals surface area (Å²) in [5.41, 5.74) is 16.9. The van der Waals surface area contributed by atoms with E-state index in [2.05, 4.69) is 45.3 Å². The van der Waals surface area contributed by atoms with Gasteiger partial charge in [-0.3, -0.25) is 14.7 Å². The van der Waals surface area contributed by atoms with Crippen molar-refractivity contribution in [2.45, 2.75) is 49.6 Å². The molecular weight excluding hydrogens is 504 g/mol. The minimum atomic E-state index is -0.747. The molecule has 0 spiro atoms. The summed E-state index contributed by atoms with van der Waals surface area (Å²) in [4.78, 5) is 31.6. The standard InChI is InChI=1S/C30H32N8O2/c1-17(32)18-4-6-24-19(10-18)2-3-20-11-21(28(33)40)5-7-25(20)30(24,29-35-16-36-37-29)8-9-34-15-27(39)38-23(14-31)12-22-13-26(22)38/h4-7,10-11,16,22-23,26,34H,1-3,8-9,12-13,15,32H2,(H2,33,40)(H,35,36,37). The number of nitriles is 1. The number of nitrogens with one attached hydrogen (secondary N) is 2. The van der Waals surface area contributed by atoms with Crippen LogP contribution in [0.1, 0.15) is 63.3 Å². The highest BCUT2D eigenvalue weighted by molar-refractivity contribution is 5.93. The third-order valence-corrected chi connectivity index (χ3v) is 8.76. The molecule has 0 bridgehead atoms. The summed E-state index contributed by atoms with van der Waals surface area (Å²) in [7, 11) is 0. The Labute approximate surface area is 232 Å². The van der Waals surface area contributed by atoms with Crippen LogP contribution in [-0.2, 0) is 23.1 Å². The Balaban J connectivity index is 1.37. The zero-order valence-corrected chi connectivity index (χ0v) is 22.2. The molecule has 40 heavy (non-hydrogen) atoms. The van der Waals surface area contributed by atoms with Crippen LogP contribution in [-0.4, -0.2) is 57.1 Å². The second kappa shape index (κ2) is 9.92. The molecule has 4 atom stereocenters. The molecule has 204 valence electrons. The van der Waals surface area contributed by atoms with Crippen molar-refractivity contribution in [2.24, 2.45) is 17.4 Å². The average molecular weight is 537 g/mol. The third kappa shape index (κ3) is 4.23. The number of primary amides is 1. The molecule has 2 aliphatic carbocycles. The number of likely N-dealkylation sites (tertiary alicyclic amines) is 1. The van der Waals surface area contributed by atoms with E-state index in [1.165, 1.54) is 6.33 Å². The largest absolute Gasteiger partial charge is 0.399 e. The van der Waals surface area contributed by atoms with Crippen molar-refractivity contribution in [1.82, 2.24) is 25.4 Å². The minimum absolute atomic E-state index is 0.0378. The summed E-state index contributed by atoms with van der Waals surface area (Å²) in [5, 5.41) is 20.2. The molecular formula is C30H32N8O2. The first-order valence-corrected chi connectivity index (χ1v) is 13.6. The smallest absolute Gasteiger partial charge is 0.248 e. The van der Waals surface area contributed by atoms with Crippen LogP contribution in [0.4, 0.5) is 0 Å². The molecule has 4 unspecified atom stereocenters. The molecule has 2 heterocycles. The summed E-state index contributed by atoms with van der Waals surface area (Å²) < 4.78 is 0. The van der Waals surface area contributed by atoms with E-state index < -0.39 is 11.3 Å². The van der Waals surface area contributed by atoms with Gasteiger partial charge in [0.25, 0.3) is 0 Å². The van der Waals surface area contributed by atoms with Gasteiger partial charge in [0.15, 0.2) is 0 Å². The fourth-order valence-corrected chi connectivity index (χ4v) is 6.75. The maximum absolute atomic E-state index is 13.1. The lowest BCUT2D eigenvalue weighted by molar-refractivity contribution is -0.131. The molecule has 1 saturated heterocycles. The Kier molecular flexibility index (Phi) is 6.39. The summed E-state index contributed by atoms with van der Waals surface area (Å²) >= 11 is 0. The Morgan fingerprint density at radius 3 is 2.45 bits per heavy atom. The van der Waals surface area contributed by atoms with E-state index in [-0.39, 0.29) is 24.5 Å². The Morgan fingerprint density at radius 1 is 1.12 bits per heavy atom. The number of nitrogens with two attached hydrogens (primary N) is 2. The molecule has 1 aromatic heterocycles. The van der Waals surface area contributed by atoms with Crippen LogP contribution in [0.5, 0.6) is 0 Å². The van der Waals surface area contributed by atoms with Crippen molar-refractivity contribution in [3.05, 3.63) is 88.5 Å². The van der Waals surface area contributed by atoms with E-state index in [0.29, 0.717) is 42.4 Å². The van der Waals surface area contributed by atoms with Gasteiger partial charge >= 0.3 is 0 Å². The highest BCUT2D eigenvalue weighted by Gasteiger charge is 2.54. The first-order chi connectivity index (χ1) is 19.3. The van der Waals surface area contributed by atoms with Gasteiger partial charge < -0.3 is 21.7 Å². The number of amides is 2. The second-order valence-corrected chi connectivity index (χ2v) is 11.0. The molecule has 10 heteroatoms. The fourth-order valence-electron chi connectivity index (χ4n) is 6.75. The number of aromatic nitrogens is 3. The van der Waals surface area contributed by atoms with E-state index >= 15 is 0 Å². The van der Waals surface area contributed by atoms with E-state index in [1.807, 2.05) is 18.2 Å². The van der Waals surface area contributed by atoms with Gasteiger partial charge in [0.1, 0.15) is 18.2 Å². The van der Waals surface area contributed by atoms with Gasteiger partial charge in [-0.15, -0.1) is 0 Å². The van der Waals surface area contributed by atoms with Crippen molar-refractivity contribution in [3.63, 3.8) is 0 Å². The van der Waals surface area contributed by atoms with E-state index in [9.17, 15) is 14.9 Å². The van der Waals surface area contributed by atoms with Crippen LogP contribution < -0.4 is 16.8 Å². The SMILES string of the molecule is C=C(N)c1ccc2c(c1)CCc1cc(C(N)=O)ccc1C2(CCNCC(=O)N1C(C#N)CC2CC21)c1ncn[nH]1. The van der Waals surface area contributed by atoms with E-state index in [0.717, 1.165) is 47.1 Å². The lowest BCUT2D eigenvalue weighted by Gasteiger charge is -2.35. The Morgan fingerprint density at radius 2 is 1.82 bits per heavy atom. The number of hydrogen-bond acceptors (Lipinski definition) is 7. The first-order valence-electron chi connectivity index (χ1n) is 13.6. The summed E-state index contributed by atoms with van der Waals surface area (Å²) in [5.74, 6) is 0.625. The van der Waals surface area contributed by atoms with Gasteiger partial charge in [0.05, 0.1) is 18.0 Å². The van der Waals surface area contributed by atoms with Crippen molar-refractivity contribution >= 4 is 17.5 Å². The number of carbonyl (C=O) groups is 2. The number of carbonyl (C=O) groups excluding carboxylic acids is 2. The average Bonchev–Trinajstić information content (AvgIpc) is 3.34. The monoisotopic (exact) mass is 536 g/mol. The van der Waals surface area contributed by atoms with Crippen molar-refractivity contribution < 1.29 is 9.59 Å². The quantitative estimate of drug-likeness (QED) is 0.318. The molecule has 1 saturated carbocycles. The number of aryl methyl sites for hydroxylation is 2. The second-order valence-electron chi connectivity index (χ2n) is 11.0. The summed E-state index contributed by atoms with van der Waals surface area (Å²) in [6.07, 6.45) is 5.24. The Hall–Kier alpha value is -4.49. The highest BCUT2D eigenvalue weighted by atomic mass is 16.2. The number of H-pyrrole nitrogens is 1. The molecule has 6 rings (SSSR count). The van der Waals surface area contributed by atoms with Crippen LogP contribution >= 0.6 is 0 Å². The van der Waals surface area contributed by atoms with Crippen LogP contribution in [0, 0.1) is 17.2 Å². The van der Waals surface area contributed by atoms with Gasteiger partial charge in [-0.1, -0.05) is 24.8 Å². The lowest BCUT2D eigenvalue weighted by atomic mass is 9.69. The number of piperidine rings is 1. The van der Waals surface area contributed by atoms with Gasteiger partial charge in [0.2, 0.25) is 11.8 Å². The van der Waals surface area contributed by atoms with Gasteiger partial charge in [0, 0.05) is 17.3 Å². The lowest BCUT2D eigenvalue weighted by Crippen LogP contribution is -2.44. The Bertz CT molecular complexity index is 1470. The maximum atomic E-state index is 13.1. The van der Waals surface area contributed by atoms with Crippen LogP contribution in [0.3, 0.4) is 0 Å². The normalized spacial score (nSPS) is 24.3. The van der Waals surface area contributed by atoms with Crippen LogP contribution in [0.2, 0.25) is 0 Å². The van der Waals surface area contributed by atoms with E-state index in [4.69, 9.17) is 11.5 Å². The van der Waals surface area contributed by atoms with E-state index in [1.54, 1.807) is 11.0 Å². The molecule has 2 fully saturated rings. The molecule has 2 amide bonds. The predicted molar refractivity (Wildman–Crippen MR) is 149 cm³/mol. The van der Waals surface area contributed by atoms with Crippen LogP contribution in [0.15, 0.2) is 49.3 Å². The third-order valence-electron chi connectivity index (χ3n) is 8.76. The number of nitrogens with zero attached hydrogens (tertiary/aromatic N) is 4. The predicted octanol–water partition coefficient (Wildman–Crippen LogP) is 1.76. The van der Waals surface area contributed by atoms with Gasteiger partial charge in [-0.25, -0.2) is 4.98 Å². The zero-order chi connectivity index (χ0) is 28.0. The van der Waals surface area contributed by atoms with Crippen molar-refractivity contribution in [3.8, 4) is 6.07 Å². The molecule has 1 aliphatic heterocycles. The number of benzene rings is 2. The molecule has 6 N–H and O–H groups in total. The fraction of sp³-hybridized carbons (Fsp3) is 0.367. The number of rotatable bonds is 8. The number of aromatic amines is 1. The number of hydrogen-bond donors (Lipinski definition) is 4. The maximum Gasteiger partial charge on any atom is 0.248 e. The zero-order valence-electron chi connectivity index (χ0n) is 22.2. The van der Waals surface area contributed by atoms with Crippen molar-refractivity contribution in [2.75, 3.05) is 13.1 Å². The summed E-state index contributed by atoms with van der Waals surface area (Å²) in [6, 6.07) is 13.9. The summed E-state index contributed by atoms with van der Waals surface area (Å²) in [6.45, 7) is 4.56. The van der Waals surface area contributed by atoms with Crippen LogP contribution in [0.25, 0.3) is 5.70 Å². The molecule has 3 aromatic rings. The highest BCUT2D eigenvalue weighted by Crippen LogP contribution is 2.48. The van der Waals surface area contributed by atoms with Crippen molar-refractivity contribution in [1.29, 1.82) is 5.26 Å². The van der Waals surface area contributed by atoms with Gasteiger partial charge in [-0.05, 0) is 90.6 Å². The first kappa shape index (κ1) is 25.8. The number of fused-ring (bicyclic) bond motifs is 3. The molecule has 10 nitrogen and oxygen atoms in total. The minimum Gasteiger partial charge on any atom is -0.399 e.